The summed E-state index contributed by atoms with van der Waals surface area (Å²) in [4.78, 5) is 14.5. The zero-order chi connectivity index (χ0) is 32.6. The number of hydrogen-bond acceptors (Lipinski definition) is 4. The highest BCUT2D eigenvalue weighted by molar-refractivity contribution is 7.26. The summed E-state index contributed by atoms with van der Waals surface area (Å²) in [6.45, 7) is 0. The van der Waals surface area contributed by atoms with Gasteiger partial charge in [-0.15, -0.1) is 11.3 Å². The van der Waals surface area contributed by atoms with Gasteiger partial charge in [0.25, 0.3) is 0 Å². The van der Waals surface area contributed by atoms with E-state index in [2.05, 4.69) is 138 Å². The SMILES string of the molecule is c1ccc(-c2ccc(-c3cc(-c4cc(-c5ccncc5)nc(-c5ccccc5)n4)cc(-c4cccc5c4sc4ccccc45)c3)cc2)cc1. The number of fused-ring (bicyclic) bond motifs is 3. The molecule has 0 amide bonds. The van der Waals surface area contributed by atoms with Gasteiger partial charge in [-0.05, 0) is 75.8 Å². The average Bonchev–Trinajstić information content (AvgIpc) is 3.58. The Morgan fingerprint density at radius 3 is 1.69 bits per heavy atom. The lowest BCUT2D eigenvalue weighted by Crippen LogP contribution is -1.96. The molecule has 0 saturated carbocycles. The molecule has 3 nitrogen and oxygen atoms in total. The van der Waals surface area contributed by atoms with Crippen LogP contribution in [-0.2, 0) is 0 Å². The molecule has 3 heterocycles. The number of thiophene rings is 1. The standard InChI is InChI=1S/C45H29N3S/c1-3-10-30(11-4-1)31-18-20-32(21-19-31)35-26-36(38-15-9-16-40-39-14-7-8-17-43(39)49-44(38)40)28-37(27-35)42-29-41(33-22-24-46-25-23-33)47-45(48-42)34-12-5-2-6-13-34/h1-29H. The van der Waals surface area contributed by atoms with Gasteiger partial charge >= 0.3 is 0 Å². The average molecular weight is 644 g/mol. The monoisotopic (exact) mass is 643 g/mol. The highest BCUT2D eigenvalue weighted by Crippen LogP contribution is 2.42. The van der Waals surface area contributed by atoms with E-state index >= 15 is 0 Å². The summed E-state index contributed by atoms with van der Waals surface area (Å²) in [5, 5.41) is 2.58. The van der Waals surface area contributed by atoms with Gasteiger partial charge in [-0.1, -0.05) is 121 Å². The van der Waals surface area contributed by atoms with Gasteiger partial charge in [0.1, 0.15) is 0 Å². The van der Waals surface area contributed by atoms with Gasteiger partial charge < -0.3 is 0 Å². The number of aromatic nitrogens is 3. The first-order valence-corrected chi connectivity index (χ1v) is 17.2. The Bertz CT molecular complexity index is 2520. The fraction of sp³-hybridized carbons (Fsp3) is 0. The molecule has 0 fully saturated rings. The molecule has 0 aliphatic carbocycles. The van der Waals surface area contributed by atoms with Crippen LogP contribution in [0, 0.1) is 0 Å². The summed E-state index contributed by atoms with van der Waals surface area (Å²) < 4.78 is 2.58. The molecule has 0 N–H and O–H groups in total. The van der Waals surface area contributed by atoms with E-state index < -0.39 is 0 Å². The van der Waals surface area contributed by atoms with Crippen molar-refractivity contribution in [2.45, 2.75) is 0 Å². The van der Waals surface area contributed by atoms with Crippen LogP contribution in [0.15, 0.2) is 176 Å². The van der Waals surface area contributed by atoms with Gasteiger partial charge in [0, 0.05) is 49.3 Å². The molecular formula is C45H29N3S. The van der Waals surface area contributed by atoms with Gasteiger partial charge in [0.05, 0.1) is 11.4 Å². The second kappa shape index (κ2) is 12.4. The van der Waals surface area contributed by atoms with Crippen molar-refractivity contribution < 1.29 is 0 Å². The second-order valence-electron chi connectivity index (χ2n) is 12.1. The zero-order valence-corrected chi connectivity index (χ0v) is 27.3. The number of hydrogen-bond donors (Lipinski definition) is 0. The fourth-order valence-corrected chi connectivity index (χ4v) is 7.78. The molecule has 9 aromatic rings. The van der Waals surface area contributed by atoms with Crippen molar-refractivity contribution in [1.82, 2.24) is 15.0 Å². The number of nitrogens with zero attached hydrogens (tertiary/aromatic N) is 3. The Labute approximate surface area is 288 Å². The van der Waals surface area contributed by atoms with Crippen LogP contribution in [0.3, 0.4) is 0 Å². The Balaban J connectivity index is 1.26. The van der Waals surface area contributed by atoms with Crippen LogP contribution in [0.4, 0.5) is 0 Å². The van der Waals surface area contributed by atoms with Gasteiger partial charge in [-0.3, -0.25) is 4.98 Å². The Hall–Kier alpha value is -6.23. The highest BCUT2D eigenvalue weighted by Gasteiger charge is 2.16. The first-order chi connectivity index (χ1) is 24.3. The van der Waals surface area contributed by atoms with Crippen molar-refractivity contribution in [2.24, 2.45) is 0 Å². The minimum Gasteiger partial charge on any atom is -0.265 e. The Kier molecular flexibility index (Phi) is 7.34. The van der Waals surface area contributed by atoms with Crippen LogP contribution in [-0.4, -0.2) is 15.0 Å². The zero-order valence-electron chi connectivity index (χ0n) is 26.5. The Morgan fingerprint density at radius 2 is 0.939 bits per heavy atom. The summed E-state index contributed by atoms with van der Waals surface area (Å²) in [6, 6.07) is 57.9. The molecule has 0 saturated heterocycles. The van der Waals surface area contributed by atoms with E-state index in [1.54, 1.807) is 0 Å². The smallest absolute Gasteiger partial charge is 0.160 e. The van der Waals surface area contributed by atoms with Crippen molar-refractivity contribution >= 4 is 31.5 Å². The largest absolute Gasteiger partial charge is 0.265 e. The maximum atomic E-state index is 5.20. The Morgan fingerprint density at radius 1 is 0.367 bits per heavy atom. The summed E-state index contributed by atoms with van der Waals surface area (Å²) >= 11 is 1.85. The van der Waals surface area contributed by atoms with E-state index in [1.807, 2.05) is 54.1 Å². The predicted octanol–water partition coefficient (Wildman–Crippen LogP) is 12.2. The van der Waals surface area contributed by atoms with Crippen molar-refractivity contribution in [2.75, 3.05) is 0 Å². The highest BCUT2D eigenvalue weighted by atomic mass is 32.1. The summed E-state index contributed by atoms with van der Waals surface area (Å²) in [5.74, 6) is 0.690. The van der Waals surface area contributed by atoms with E-state index in [9.17, 15) is 0 Å². The van der Waals surface area contributed by atoms with E-state index in [1.165, 1.54) is 36.9 Å². The number of rotatable bonds is 6. The number of pyridine rings is 1. The van der Waals surface area contributed by atoms with Gasteiger partial charge in [-0.2, -0.15) is 0 Å². The molecule has 0 spiro atoms. The number of benzene rings is 6. The van der Waals surface area contributed by atoms with Crippen LogP contribution < -0.4 is 0 Å². The van der Waals surface area contributed by atoms with E-state index in [0.717, 1.165) is 44.8 Å². The lowest BCUT2D eigenvalue weighted by atomic mass is 9.93. The summed E-state index contributed by atoms with van der Waals surface area (Å²) in [7, 11) is 0. The molecule has 3 aromatic heterocycles. The molecule has 0 bridgehead atoms. The molecule has 9 rings (SSSR count). The summed E-state index contributed by atoms with van der Waals surface area (Å²) in [5.41, 5.74) is 11.8. The predicted molar refractivity (Wildman–Crippen MR) is 205 cm³/mol. The van der Waals surface area contributed by atoms with E-state index in [4.69, 9.17) is 9.97 Å². The maximum Gasteiger partial charge on any atom is 0.160 e. The van der Waals surface area contributed by atoms with Gasteiger partial charge in [0.2, 0.25) is 0 Å². The first kappa shape index (κ1) is 29.0. The second-order valence-corrected chi connectivity index (χ2v) is 13.1. The minimum atomic E-state index is 0.690. The van der Waals surface area contributed by atoms with Crippen LogP contribution in [0.5, 0.6) is 0 Å². The third-order valence-corrected chi connectivity index (χ3v) is 10.2. The van der Waals surface area contributed by atoms with Crippen LogP contribution in [0.1, 0.15) is 0 Å². The lowest BCUT2D eigenvalue weighted by molar-refractivity contribution is 1.18. The molecule has 0 aliphatic heterocycles. The molecule has 4 heteroatoms. The minimum absolute atomic E-state index is 0.690. The molecular weight excluding hydrogens is 615 g/mol. The molecule has 49 heavy (non-hydrogen) atoms. The molecule has 0 aliphatic rings. The lowest BCUT2D eigenvalue weighted by Gasteiger charge is -2.14. The van der Waals surface area contributed by atoms with Gasteiger partial charge in [0.15, 0.2) is 5.82 Å². The third kappa shape index (κ3) is 5.58. The van der Waals surface area contributed by atoms with E-state index in [0.29, 0.717) is 5.82 Å². The van der Waals surface area contributed by atoms with Crippen LogP contribution in [0.2, 0.25) is 0 Å². The third-order valence-electron chi connectivity index (χ3n) is 9.00. The molecule has 6 aromatic carbocycles. The molecule has 0 radical (unpaired) electrons. The normalized spacial score (nSPS) is 11.3. The van der Waals surface area contributed by atoms with Crippen molar-refractivity contribution in [1.29, 1.82) is 0 Å². The van der Waals surface area contributed by atoms with E-state index in [-0.39, 0.29) is 0 Å². The quantitative estimate of drug-likeness (QED) is 0.181. The van der Waals surface area contributed by atoms with Gasteiger partial charge in [-0.25, -0.2) is 9.97 Å². The van der Waals surface area contributed by atoms with Crippen molar-refractivity contribution in [3.8, 4) is 67.3 Å². The molecule has 0 unspecified atom stereocenters. The summed E-state index contributed by atoms with van der Waals surface area (Å²) in [6.07, 6.45) is 3.62. The first-order valence-electron chi connectivity index (χ1n) is 16.3. The topological polar surface area (TPSA) is 38.7 Å². The molecule has 0 atom stereocenters. The fourth-order valence-electron chi connectivity index (χ4n) is 6.54. The van der Waals surface area contributed by atoms with Crippen LogP contribution in [0.25, 0.3) is 87.5 Å². The van der Waals surface area contributed by atoms with Crippen LogP contribution >= 0.6 is 11.3 Å². The molecule has 230 valence electrons. The van der Waals surface area contributed by atoms with Crippen molar-refractivity contribution in [3.05, 3.63) is 176 Å². The maximum absolute atomic E-state index is 5.20. The van der Waals surface area contributed by atoms with Crippen molar-refractivity contribution in [3.63, 3.8) is 0 Å².